The summed E-state index contributed by atoms with van der Waals surface area (Å²) >= 11 is 0. The van der Waals surface area contributed by atoms with Gasteiger partial charge < -0.3 is 15.1 Å². The van der Waals surface area contributed by atoms with Crippen LogP contribution in [0.15, 0.2) is 72.9 Å². The number of rotatable bonds is 6. The number of pyridine rings is 1. The van der Waals surface area contributed by atoms with Gasteiger partial charge in [0, 0.05) is 50.6 Å². The maximum Gasteiger partial charge on any atom is 0.293 e. The Balaban J connectivity index is 1.45. The van der Waals surface area contributed by atoms with Crippen LogP contribution in [0, 0.1) is 10.1 Å². The number of nitrogens with zero attached hydrogens (tertiary/aromatic N) is 4. The monoisotopic (exact) mass is 417 g/mol. The Morgan fingerprint density at radius 1 is 0.968 bits per heavy atom. The minimum absolute atomic E-state index is 0.0568. The van der Waals surface area contributed by atoms with Crippen molar-refractivity contribution in [2.24, 2.45) is 0 Å². The molecular weight excluding hydrogens is 394 g/mol. The fraction of sp³-hybridized carbons (Fsp3) is 0.217. The largest absolute Gasteiger partial charge is 0.362 e. The van der Waals surface area contributed by atoms with E-state index in [0.29, 0.717) is 38.4 Å². The molecule has 0 aliphatic carbocycles. The highest BCUT2D eigenvalue weighted by molar-refractivity contribution is 5.95. The van der Waals surface area contributed by atoms with Crippen LogP contribution in [0.25, 0.3) is 0 Å². The molecular formula is C23H23N5O3. The number of anilines is 2. The molecule has 4 rings (SSSR count). The van der Waals surface area contributed by atoms with E-state index in [4.69, 9.17) is 0 Å². The summed E-state index contributed by atoms with van der Waals surface area (Å²) in [5, 5.41) is 14.5. The van der Waals surface area contributed by atoms with E-state index >= 15 is 0 Å². The molecule has 1 aliphatic rings. The second kappa shape index (κ2) is 9.25. The van der Waals surface area contributed by atoms with Gasteiger partial charge in [-0.2, -0.15) is 0 Å². The van der Waals surface area contributed by atoms with Gasteiger partial charge in [-0.3, -0.25) is 14.9 Å². The van der Waals surface area contributed by atoms with Gasteiger partial charge in [0.25, 0.3) is 11.6 Å². The Kier molecular flexibility index (Phi) is 6.07. The second-order valence-electron chi connectivity index (χ2n) is 7.29. The topological polar surface area (TPSA) is 91.6 Å². The molecule has 158 valence electrons. The minimum Gasteiger partial charge on any atom is -0.362 e. The highest BCUT2D eigenvalue weighted by atomic mass is 16.6. The van der Waals surface area contributed by atoms with E-state index in [1.807, 2.05) is 53.4 Å². The number of hydrogen-bond acceptors (Lipinski definition) is 6. The molecule has 1 aliphatic heterocycles. The lowest BCUT2D eigenvalue weighted by Crippen LogP contribution is -2.47. The Bertz CT molecular complexity index is 1050. The van der Waals surface area contributed by atoms with Crippen molar-refractivity contribution < 1.29 is 9.72 Å². The van der Waals surface area contributed by atoms with Crippen LogP contribution in [-0.2, 0) is 6.54 Å². The van der Waals surface area contributed by atoms with Crippen LogP contribution < -0.4 is 15.1 Å². The summed E-state index contributed by atoms with van der Waals surface area (Å²) in [6, 6.07) is 20.0. The van der Waals surface area contributed by atoms with Crippen LogP contribution in [0.5, 0.6) is 0 Å². The number of carbonyl (C=O) groups excluding carboxylic acids is 1. The van der Waals surface area contributed by atoms with E-state index < -0.39 is 4.92 Å². The second-order valence-corrected chi connectivity index (χ2v) is 7.29. The van der Waals surface area contributed by atoms with Crippen molar-refractivity contribution in [1.82, 2.24) is 10.3 Å². The van der Waals surface area contributed by atoms with E-state index in [9.17, 15) is 14.9 Å². The lowest BCUT2D eigenvalue weighted by Gasteiger charge is -2.36. The van der Waals surface area contributed by atoms with E-state index in [1.54, 1.807) is 18.3 Å². The minimum atomic E-state index is -0.422. The summed E-state index contributed by atoms with van der Waals surface area (Å²) in [4.78, 5) is 32.3. The summed E-state index contributed by atoms with van der Waals surface area (Å²) in [5.74, 6) is 0.570. The van der Waals surface area contributed by atoms with Crippen LogP contribution in [0.1, 0.15) is 15.9 Å². The molecule has 1 amide bonds. The third-order valence-corrected chi connectivity index (χ3v) is 5.32. The smallest absolute Gasteiger partial charge is 0.293 e. The van der Waals surface area contributed by atoms with Crippen LogP contribution in [-0.4, -0.2) is 42.0 Å². The van der Waals surface area contributed by atoms with Gasteiger partial charge in [-0.25, -0.2) is 4.98 Å². The fourth-order valence-corrected chi connectivity index (χ4v) is 3.68. The molecule has 0 unspecified atom stereocenters. The van der Waals surface area contributed by atoms with Gasteiger partial charge in [0.15, 0.2) is 0 Å². The molecule has 0 atom stereocenters. The lowest BCUT2D eigenvalue weighted by molar-refractivity contribution is -0.384. The van der Waals surface area contributed by atoms with Crippen molar-refractivity contribution in [3.05, 3.63) is 94.2 Å². The normalized spacial score (nSPS) is 13.7. The van der Waals surface area contributed by atoms with Gasteiger partial charge in [0.2, 0.25) is 0 Å². The number of carbonyl (C=O) groups is 1. The number of nitrogens with one attached hydrogen (secondary N) is 1. The number of benzene rings is 2. The zero-order chi connectivity index (χ0) is 21.6. The number of aromatic nitrogens is 1. The number of nitro groups is 1. The first-order valence-corrected chi connectivity index (χ1v) is 10.1. The molecule has 8 heteroatoms. The third-order valence-electron chi connectivity index (χ3n) is 5.32. The predicted octanol–water partition coefficient (Wildman–Crippen LogP) is 3.25. The van der Waals surface area contributed by atoms with Crippen molar-refractivity contribution in [3.63, 3.8) is 0 Å². The molecule has 0 radical (unpaired) electrons. The predicted molar refractivity (Wildman–Crippen MR) is 119 cm³/mol. The van der Waals surface area contributed by atoms with Gasteiger partial charge in [0.1, 0.15) is 11.5 Å². The van der Waals surface area contributed by atoms with Crippen LogP contribution in [0.4, 0.5) is 17.2 Å². The van der Waals surface area contributed by atoms with Crippen LogP contribution in [0.2, 0.25) is 0 Å². The van der Waals surface area contributed by atoms with E-state index in [1.165, 1.54) is 6.07 Å². The zero-order valence-corrected chi connectivity index (χ0v) is 17.0. The molecule has 1 aromatic heterocycles. The zero-order valence-electron chi connectivity index (χ0n) is 17.0. The standard InChI is InChI=1S/C23H23N5O3/c29-23(25-17-18-6-2-1-3-7-18)19-9-10-20(21(16-19)28(30)31)26-12-14-27(15-13-26)22-8-4-5-11-24-22/h1-11,16H,12-15,17H2,(H,25,29). The fourth-order valence-electron chi connectivity index (χ4n) is 3.68. The molecule has 31 heavy (non-hydrogen) atoms. The summed E-state index contributed by atoms with van der Waals surface area (Å²) in [6.07, 6.45) is 1.76. The Labute approximate surface area is 180 Å². The average Bonchev–Trinajstić information content (AvgIpc) is 2.83. The molecule has 2 heterocycles. The van der Waals surface area contributed by atoms with Crippen molar-refractivity contribution in [2.75, 3.05) is 36.0 Å². The van der Waals surface area contributed by atoms with Gasteiger partial charge in [-0.05, 0) is 29.8 Å². The van der Waals surface area contributed by atoms with Crippen molar-refractivity contribution in [2.45, 2.75) is 6.54 Å². The Morgan fingerprint density at radius 3 is 2.35 bits per heavy atom. The number of amides is 1. The first-order valence-electron chi connectivity index (χ1n) is 10.1. The van der Waals surface area contributed by atoms with Crippen molar-refractivity contribution >= 4 is 23.1 Å². The van der Waals surface area contributed by atoms with Gasteiger partial charge in [-0.15, -0.1) is 0 Å². The highest BCUT2D eigenvalue weighted by Crippen LogP contribution is 2.30. The maximum atomic E-state index is 12.5. The summed E-state index contributed by atoms with van der Waals surface area (Å²) in [6.45, 7) is 3.07. The number of piperazine rings is 1. The molecule has 1 N–H and O–H groups in total. The molecule has 3 aromatic rings. The molecule has 2 aromatic carbocycles. The Hall–Kier alpha value is -3.94. The lowest BCUT2D eigenvalue weighted by atomic mass is 10.1. The summed E-state index contributed by atoms with van der Waals surface area (Å²) in [7, 11) is 0. The van der Waals surface area contributed by atoms with Gasteiger partial charge in [0.05, 0.1) is 4.92 Å². The highest BCUT2D eigenvalue weighted by Gasteiger charge is 2.25. The first kappa shape index (κ1) is 20.3. The van der Waals surface area contributed by atoms with E-state index in [0.717, 1.165) is 11.4 Å². The summed E-state index contributed by atoms with van der Waals surface area (Å²) < 4.78 is 0. The molecule has 0 saturated carbocycles. The molecule has 1 saturated heterocycles. The Morgan fingerprint density at radius 2 is 1.68 bits per heavy atom. The van der Waals surface area contributed by atoms with Crippen molar-refractivity contribution in [3.8, 4) is 0 Å². The number of hydrogen-bond donors (Lipinski definition) is 1. The molecule has 0 bridgehead atoms. The van der Waals surface area contributed by atoms with Crippen LogP contribution in [0.3, 0.4) is 0 Å². The summed E-state index contributed by atoms with van der Waals surface area (Å²) in [5.41, 5.74) is 1.72. The molecule has 1 fully saturated rings. The van der Waals surface area contributed by atoms with E-state index in [-0.39, 0.29) is 17.2 Å². The van der Waals surface area contributed by atoms with Crippen molar-refractivity contribution in [1.29, 1.82) is 0 Å². The average molecular weight is 417 g/mol. The van der Waals surface area contributed by atoms with Crippen LogP contribution >= 0.6 is 0 Å². The van der Waals surface area contributed by atoms with Gasteiger partial charge >= 0.3 is 0 Å². The quantitative estimate of drug-likeness (QED) is 0.489. The van der Waals surface area contributed by atoms with Gasteiger partial charge in [-0.1, -0.05) is 36.4 Å². The number of nitro benzene ring substituents is 1. The molecule has 0 spiro atoms. The first-order chi connectivity index (χ1) is 15.1. The van der Waals surface area contributed by atoms with E-state index in [2.05, 4.69) is 15.2 Å². The molecule has 8 nitrogen and oxygen atoms in total. The maximum absolute atomic E-state index is 12.5. The third kappa shape index (κ3) is 4.80. The SMILES string of the molecule is O=C(NCc1ccccc1)c1ccc(N2CCN(c3ccccn3)CC2)c([N+](=O)[O-])c1.